The third kappa shape index (κ3) is 5.12. The molecule has 27 heavy (non-hydrogen) atoms. The van der Waals surface area contributed by atoms with E-state index in [4.69, 9.17) is 11.6 Å². The first kappa shape index (κ1) is 20.4. The van der Waals surface area contributed by atoms with Crippen molar-refractivity contribution in [3.8, 4) is 0 Å². The summed E-state index contributed by atoms with van der Waals surface area (Å²) in [6.07, 6.45) is 10.00. The zero-order chi connectivity index (χ0) is 19.3. The van der Waals surface area contributed by atoms with Gasteiger partial charge in [-0.1, -0.05) is 29.7 Å². The third-order valence-electron chi connectivity index (χ3n) is 5.31. The van der Waals surface area contributed by atoms with Gasteiger partial charge in [0.25, 0.3) is 0 Å². The summed E-state index contributed by atoms with van der Waals surface area (Å²) in [4.78, 5) is 12.9. The van der Waals surface area contributed by atoms with Crippen molar-refractivity contribution in [1.29, 1.82) is 0 Å². The SMILES string of the molecule is O=C(NCCC1=CCCCC1)[C@@H]1CCCCN1S(=O)(=O)c1ccc(Cl)cc1. The van der Waals surface area contributed by atoms with Gasteiger partial charge in [0, 0.05) is 18.1 Å². The number of carbonyl (C=O) groups is 1. The van der Waals surface area contributed by atoms with Crippen LogP contribution in [0.4, 0.5) is 0 Å². The van der Waals surface area contributed by atoms with E-state index >= 15 is 0 Å². The summed E-state index contributed by atoms with van der Waals surface area (Å²) in [5.74, 6) is -0.191. The van der Waals surface area contributed by atoms with Crippen molar-refractivity contribution in [3.63, 3.8) is 0 Å². The van der Waals surface area contributed by atoms with Crippen LogP contribution in [0.1, 0.15) is 51.4 Å². The summed E-state index contributed by atoms with van der Waals surface area (Å²) in [6.45, 7) is 0.935. The number of nitrogens with zero attached hydrogens (tertiary/aromatic N) is 1. The first-order chi connectivity index (χ1) is 13.0. The fraction of sp³-hybridized carbons (Fsp3) is 0.550. The van der Waals surface area contributed by atoms with Crippen LogP contribution in [-0.2, 0) is 14.8 Å². The number of sulfonamides is 1. The van der Waals surface area contributed by atoms with Crippen LogP contribution in [0.3, 0.4) is 0 Å². The van der Waals surface area contributed by atoms with Crippen LogP contribution in [0.25, 0.3) is 0 Å². The molecule has 0 saturated carbocycles. The Bertz CT molecular complexity index is 790. The average Bonchev–Trinajstić information content (AvgIpc) is 2.69. The molecule has 1 aliphatic heterocycles. The molecule has 1 saturated heterocycles. The number of hydrogen-bond acceptors (Lipinski definition) is 3. The second-order valence-electron chi connectivity index (χ2n) is 7.23. The number of piperidine rings is 1. The molecule has 1 aliphatic carbocycles. The van der Waals surface area contributed by atoms with Crippen LogP contribution in [0.2, 0.25) is 5.02 Å². The molecule has 0 aromatic heterocycles. The molecule has 2 aliphatic rings. The van der Waals surface area contributed by atoms with Crippen LogP contribution >= 0.6 is 11.6 Å². The topological polar surface area (TPSA) is 66.5 Å². The molecule has 1 aromatic rings. The summed E-state index contributed by atoms with van der Waals surface area (Å²) in [7, 11) is -3.72. The largest absolute Gasteiger partial charge is 0.354 e. The van der Waals surface area contributed by atoms with Crippen molar-refractivity contribution >= 4 is 27.5 Å². The highest BCUT2D eigenvalue weighted by atomic mass is 35.5. The van der Waals surface area contributed by atoms with E-state index in [-0.39, 0.29) is 10.8 Å². The van der Waals surface area contributed by atoms with E-state index in [1.807, 2.05) is 0 Å². The lowest BCUT2D eigenvalue weighted by Gasteiger charge is -2.33. The lowest BCUT2D eigenvalue weighted by atomic mass is 9.97. The standard InChI is InChI=1S/C20H27ClN2O3S/c21-17-9-11-18(12-10-17)27(25,26)23-15-5-4-8-19(23)20(24)22-14-13-16-6-2-1-3-7-16/h6,9-12,19H,1-5,7-8,13-15H2,(H,22,24)/t19-/m0/s1. The molecule has 0 bridgehead atoms. The lowest BCUT2D eigenvalue weighted by Crippen LogP contribution is -2.51. The summed E-state index contributed by atoms with van der Waals surface area (Å²) < 4.78 is 27.4. The molecule has 1 N–H and O–H groups in total. The Morgan fingerprint density at radius 2 is 1.93 bits per heavy atom. The van der Waals surface area contributed by atoms with Gasteiger partial charge in [0.05, 0.1) is 4.90 Å². The molecule has 1 amide bonds. The summed E-state index contributed by atoms with van der Waals surface area (Å²) in [5.41, 5.74) is 1.40. The Morgan fingerprint density at radius 3 is 2.63 bits per heavy atom. The molecular formula is C20H27ClN2O3S. The zero-order valence-electron chi connectivity index (χ0n) is 15.5. The van der Waals surface area contributed by atoms with E-state index < -0.39 is 16.1 Å². The molecule has 1 aromatic carbocycles. The van der Waals surface area contributed by atoms with E-state index in [1.165, 1.54) is 34.9 Å². The fourth-order valence-corrected chi connectivity index (χ4v) is 5.57. The number of hydrogen-bond donors (Lipinski definition) is 1. The first-order valence-electron chi connectivity index (χ1n) is 9.71. The molecule has 0 radical (unpaired) electrons. The van der Waals surface area contributed by atoms with Crippen LogP contribution in [0, 0.1) is 0 Å². The van der Waals surface area contributed by atoms with Gasteiger partial charge in [0.2, 0.25) is 15.9 Å². The smallest absolute Gasteiger partial charge is 0.243 e. The van der Waals surface area contributed by atoms with Gasteiger partial charge in [-0.25, -0.2) is 8.42 Å². The van der Waals surface area contributed by atoms with Crippen LogP contribution < -0.4 is 5.32 Å². The number of allylic oxidation sites excluding steroid dienone is 1. The van der Waals surface area contributed by atoms with Gasteiger partial charge in [-0.15, -0.1) is 0 Å². The van der Waals surface area contributed by atoms with Gasteiger partial charge < -0.3 is 5.32 Å². The van der Waals surface area contributed by atoms with Gasteiger partial charge in [-0.3, -0.25) is 4.79 Å². The van der Waals surface area contributed by atoms with Crippen molar-refractivity contribution < 1.29 is 13.2 Å². The highest BCUT2D eigenvalue weighted by Gasteiger charge is 2.37. The predicted molar refractivity (Wildman–Crippen MR) is 107 cm³/mol. The minimum atomic E-state index is -3.72. The van der Waals surface area contributed by atoms with Crippen molar-refractivity contribution in [1.82, 2.24) is 9.62 Å². The Balaban J connectivity index is 1.66. The van der Waals surface area contributed by atoms with Gasteiger partial charge >= 0.3 is 0 Å². The molecule has 5 nitrogen and oxygen atoms in total. The molecular weight excluding hydrogens is 384 g/mol. The number of benzene rings is 1. The van der Waals surface area contributed by atoms with Gasteiger partial charge in [-0.05, 0) is 69.2 Å². The highest BCUT2D eigenvalue weighted by molar-refractivity contribution is 7.89. The van der Waals surface area contributed by atoms with E-state index in [0.29, 0.717) is 24.5 Å². The zero-order valence-corrected chi connectivity index (χ0v) is 17.1. The number of rotatable bonds is 6. The van der Waals surface area contributed by atoms with Crippen LogP contribution in [0.5, 0.6) is 0 Å². The first-order valence-corrected chi connectivity index (χ1v) is 11.5. The number of amides is 1. The van der Waals surface area contributed by atoms with Gasteiger partial charge in [-0.2, -0.15) is 4.31 Å². The minimum absolute atomic E-state index is 0.180. The Morgan fingerprint density at radius 1 is 1.15 bits per heavy atom. The average molecular weight is 411 g/mol. The lowest BCUT2D eigenvalue weighted by molar-refractivity contribution is -0.125. The second-order valence-corrected chi connectivity index (χ2v) is 9.56. The summed E-state index contributed by atoms with van der Waals surface area (Å²) in [5, 5.41) is 3.44. The quantitative estimate of drug-likeness (QED) is 0.723. The van der Waals surface area contributed by atoms with E-state index in [1.54, 1.807) is 12.1 Å². The fourth-order valence-electron chi connectivity index (χ4n) is 3.79. The molecule has 0 spiro atoms. The highest BCUT2D eigenvalue weighted by Crippen LogP contribution is 2.26. The molecule has 1 atom stereocenters. The third-order valence-corrected chi connectivity index (χ3v) is 7.48. The normalized spacial score (nSPS) is 21.5. The number of halogens is 1. The van der Waals surface area contributed by atoms with Gasteiger partial charge in [0.15, 0.2) is 0 Å². The number of carbonyl (C=O) groups excluding carboxylic acids is 1. The maximum absolute atomic E-state index is 13.0. The molecule has 148 valence electrons. The number of nitrogens with one attached hydrogen (secondary N) is 1. The monoisotopic (exact) mass is 410 g/mol. The Labute approximate surface area is 166 Å². The van der Waals surface area contributed by atoms with Crippen LogP contribution in [-0.4, -0.2) is 37.8 Å². The van der Waals surface area contributed by atoms with Crippen molar-refractivity contribution in [2.24, 2.45) is 0 Å². The van der Waals surface area contributed by atoms with Crippen molar-refractivity contribution in [3.05, 3.63) is 40.9 Å². The molecule has 1 heterocycles. The van der Waals surface area contributed by atoms with E-state index in [9.17, 15) is 13.2 Å². The summed E-state index contributed by atoms with van der Waals surface area (Å²) >= 11 is 5.87. The molecule has 7 heteroatoms. The Hall–Kier alpha value is -1.37. The maximum Gasteiger partial charge on any atom is 0.243 e. The van der Waals surface area contributed by atoms with Crippen LogP contribution in [0.15, 0.2) is 40.8 Å². The second kappa shape index (κ2) is 9.22. The van der Waals surface area contributed by atoms with Gasteiger partial charge in [0.1, 0.15) is 6.04 Å². The molecule has 3 rings (SSSR count). The van der Waals surface area contributed by atoms with Crippen molar-refractivity contribution in [2.45, 2.75) is 62.3 Å². The molecule has 0 unspecified atom stereocenters. The molecule has 1 fully saturated rings. The van der Waals surface area contributed by atoms with E-state index in [2.05, 4.69) is 11.4 Å². The maximum atomic E-state index is 13.0. The Kier molecular flexibility index (Phi) is 6.95. The van der Waals surface area contributed by atoms with Crippen molar-refractivity contribution in [2.75, 3.05) is 13.1 Å². The summed E-state index contributed by atoms with van der Waals surface area (Å²) in [6, 6.07) is 5.48. The predicted octanol–water partition coefficient (Wildman–Crippen LogP) is 3.89. The van der Waals surface area contributed by atoms with E-state index in [0.717, 1.165) is 32.1 Å². The minimum Gasteiger partial charge on any atom is -0.354 e.